The summed E-state index contributed by atoms with van der Waals surface area (Å²) in [5.74, 6) is -2.00. The number of hydrogen-bond donors (Lipinski definition) is 1. The molecule has 2 aromatic rings. The van der Waals surface area contributed by atoms with E-state index in [9.17, 15) is 9.18 Å². The van der Waals surface area contributed by atoms with Crippen molar-refractivity contribution in [2.45, 2.75) is 6.92 Å². The molecule has 0 atom stereocenters. The van der Waals surface area contributed by atoms with E-state index in [-0.39, 0.29) is 5.56 Å². The number of carbonyl (C=O) groups is 1. The van der Waals surface area contributed by atoms with Gasteiger partial charge < -0.3 is 10.0 Å². The molecule has 0 aliphatic heterocycles. The number of halogens is 1. The number of aryl methyl sites for hydroxylation is 1. The van der Waals surface area contributed by atoms with E-state index in [2.05, 4.69) is 0 Å². The summed E-state index contributed by atoms with van der Waals surface area (Å²) in [6, 6.07) is 11.8. The van der Waals surface area contributed by atoms with Gasteiger partial charge in [0.15, 0.2) is 0 Å². The van der Waals surface area contributed by atoms with Gasteiger partial charge in [0.05, 0.1) is 5.69 Å². The highest BCUT2D eigenvalue weighted by atomic mass is 19.1. The van der Waals surface area contributed by atoms with Crippen LogP contribution in [0, 0.1) is 12.7 Å². The van der Waals surface area contributed by atoms with Gasteiger partial charge in [-0.1, -0.05) is 24.3 Å². The zero-order chi connectivity index (χ0) is 14.0. The Morgan fingerprint density at radius 3 is 2.37 bits per heavy atom. The molecule has 0 heterocycles. The van der Waals surface area contributed by atoms with Crippen LogP contribution in [0.25, 0.3) is 0 Å². The second-order valence-electron chi connectivity index (χ2n) is 4.28. The van der Waals surface area contributed by atoms with E-state index in [1.165, 1.54) is 6.07 Å². The Kier molecular flexibility index (Phi) is 3.51. The van der Waals surface area contributed by atoms with Crippen LogP contribution in [0.3, 0.4) is 0 Å². The van der Waals surface area contributed by atoms with Crippen LogP contribution in [0.1, 0.15) is 15.9 Å². The fourth-order valence-electron chi connectivity index (χ4n) is 2.07. The summed E-state index contributed by atoms with van der Waals surface area (Å²) in [4.78, 5) is 12.9. The molecule has 0 aliphatic carbocycles. The Morgan fingerprint density at radius 2 is 1.74 bits per heavy atom. The molecular weight excluding hydrogens is 245 g/mol. The monoisotopic (exact) mass is 259 g/mol. The summed E-state index contributed by atoms with van der Waals surface area (Å²) >= 11 is 0. The normalized spacial score (nSPS) is 10.3. The minimum Gasteiger partial charge on any atom is -0.478 e. The fourth-order valence-corrected chi connectivity index (χ4v) is 2.07. The molecule has 19 heavy (non-hydrogen) atoms. The van der Waals surface area contributed by atoms with Gasteiger partial charge in [-0.2, -0.15) is 0 Å². The van der Waals surface area contributed by atoms with Crippen molar-refractivity contribution >= 4 is 17.3 Å². The molecule has 0 spiro atoms. The van der Waals surface area contributed by atoms with Crippen molar-refractivity contribution in [3.8, 4) is 0 Å². The van der Waals surface area contributed by atoms with Gasteiger partial charge in [-0.25, -0.2) is 9.18 Å². The van der Waals surface area contributed by atoms with E-state index in [1.54, 1.807) is 18.0 Å². The van der Waals surface area contributed by atoms with Crippen molar-refractivity contribution in [1.29, 1.82) is 0 Å². The molecule has 4 heteroatoms. The summed E-state index contributed by atoms with van der Waals surface area (Å²) in [6.45, 7) is 1.92. The summed E-state index contributed by atoms with van der Waals surface area (Å²) < 4.78 is 13.7. The first kappa shape index (κ1) is 13.1. The van der Waals surface area contributed by atoms with Gasteiger partial charge in [-0.05, 0) is 30.7 Å². The maximum atomic E-state index is 13.7. The van der Waals surface area contributed by atoms with Crippen LogP contribution in [0.15, 0.2) is 42.5 Å². The van der Waals surface area contributed by atoms with Gasteiger partial charge in [-0.15, -0.1) is 0 Å². The predicted octanol–water partition coefficient (Wildman–Crippen LogP) is 3.60. The molecular formula is C15H14FNO2. The van der Waals surface area contributed by atoms with Crippen molar-refractivity contribution in [3.63, 3.8) is 0 Å². The maximum absolute atomic E-state index is 13.7. The van der Waals surface area contributed by atoms with E-state index < -0.39 is 11.8 Å². The third-order valence-corrected chi connectivity index (χ3v) is 3.04. The van der Waals surface area contributed by atoms with Crippen LogP contribution in [0.4, 0.5) is 15.8 Å². The highest BCUT2D eigenvalue weighted by Gasteiger charge is 2.19. The molecule has 0 fully saturated rings. The largest absolute Gasteiger partial charge is 0.478 e. The van der Waals surface area contributed by atoms with Crippen LogP contribution in [-0.2, 0) is 0 Å². The highest BCUT2D eigenvalue weighted by molar-refractivity contribution is 5.96. The first-order valence-corrected chi connectivity index (χ1v) is 5.83. The SMILES string of the molecule is Cc1ccccc1N(C)c1cccc(F)c1C(=O)O. The second-order valence-corrected chi connectivity index (χ2v) is 4.28. The third-order valence-electron chi connectivity index (χ3n) is 3.04. The van der Waals surface area contributed by atoms with Crippen LogP contribution in [0.2, 0.25) is 0 Å². The Morgan fingerprint density at radius 1 is 1.11 bits per heavy atom. The number of rotatable bonds is 3. The molecule has 2 aromatic carbocycles. The first-order chi connectivity index (χ1) is 9.02. The van der Waals surface area contributed by atoms with Crippen LogP contribution in [0.5, 0.6) is 0 Å². The van der Waals surface area contributed by atoms with E-state index in [1.807, 2.05) is 31.2 Å². The molecule has 0 bridgehead atoms. The van der Waals surface area contributed by atoms with Crippen molar-refractivity contribution in [2.24, 2.45) is 0 Å². The predicted molar refractivity (Wildman–Crippen MR) is 72.6 cm³/mol. The fraction of sp³-hybridized carbons (Fsp3) is 0.133. The van der Waals surface area contributed by atoms with E-state index >= 15 is 0 Å². The Balaban J connectivity index is 2.57. The maximum Gasteiger partial charge on any atom is 0.340 e. The minimum atomic E-state index is -1.27. The topological polar surface area (TPSA) is 40.5 Å². The number of carboxylic acids is 1. The zero-order valence-corrected chi connectivity index (χ0v) is 10.7. The molecule has 0 saturated heterocycles. The third kappa shape index (κ3) is 2.42. The number of benzene rings is 2. The number of aromatic carboxylic acids is 1. The summed E-state index contributed by atoms with van der Waals surface area (Å²) in [5.41, 5.74) is 1.86. The number of para-hydroxylation sites is 1. The minimum absolute atomic E-state index is 0.312. The highest BCUT2D eigenvalue weighted by Crippen LogP contribution is 2.30. The molecule has 0 aliphatic rings. The lowest BCUT2D eigenvalue weighted by atomic mass is 10.1. The van der Waals surface area contributed by atoms with Gasteiger partial charge in [-0.3, -0.25) is 0 Å². The zero-order valence-electron chi connectivity index (χ0n) is 10.7. The van der Waals surface area contributed by atoms with Gasteiger partial charge in [0, 0.05) is 12.7 Å². The first-order valence-electron chi connectivity index (χ1n) is 5.83. The second kappa shape index (κ2) is 5.10. The molecule has 0 radical (unpaired) electrons. The van der Waals surface area contributed by atoms with Crippen molar-refractivity contribution < 1.29 is 14.3 Å². The van der Waals surface area contributed by atoms with Crippen molar-refractivity contribution in [1.82, 2.24) is 0 Å². The smallest absolute Gasteiger partial charge is 0.340 e. The number of nitrogens with zero attached hydrogens (tertiary/aromatic N) is 1. The lowest BCUT2D eigenvalue weighted by Crippen LogP contribution is -2.16. The molecule has 0 amide bonds. The standard InChI is InChI=1S/C15H14FNO2/c1-10-6-3-4-8-12(10)17(2)13-9-5-7-11(16)14(13)15(18)19/h3-9H,1-2H3,(H,18,19). The number of carboxylic acid groups (broad SMARTS) is 1. The van der Waals surface area contributed by atoms with Crippen LogP contribution >= 0.6 is 0 Å². The van der Waals surface area contributed by atoms with Gasteiger partial charge >= 0.3 is 5.97 Å². The van der Waals surface area contributed by atoms with E-state index in [0.29, 0.717) is 5.69 Å². The molecule has 98 valence electrons. The molecule has 2 rings (SSSR count). The summed E-state index contributed by atoms with van der Waals surface area (Å²) in [6.07, 6.45) is 0. The van der Waals surface area contributed by atoms with Gasteiger partial charge in [0.1, 0.15) is 11.4 Å². The van der Waals surface area contributed by atoms with E-state index in [0.717, 1.165) is 17.3 Å². The number of anilines is 2. The quantitative estimate of drug-likeness (QED) is 0.915. The molecule has 0 saturated carbocycles. The molecule has 0 aromatic heterocycles. The lowest BCUT2D eigenvalue weighted by Gasteiger charge is -2.23. The Hall–Kier alpha value is -2.36. The molecule has 0 unspecified atom stereocenters. The van der Waals surface area contributed by atoms with Crippen molar-refractivity contribution in [3.05, 3.63) is 59.4 Å². The average Bonchev–Trinajstić information content (AvgIpc) is 2.37. The van der Waals surface area contributed by atoms with Crippen LogP contribution < -0.4 is 4.90 Å². The summed E-state index contributed by atoms with van der Waals surface area (Å²) in [5, 5.41) is 9.14. The Labute approximate surface area is 110 Å². The van der Waals surface area contributed by atoms with Gasteiger partial charge in [0.25, 0.3) is 0 Å². The lowest BCUT2D eigenvalue weighted by molar-refractivity contribution is 0.0693. The number of hydrogen-bond acceptors (Lipinski definition) is 2. The van der Waals surface area contributed by atoms with E-state index in [4.69, 9.17) is 5.11 Å². The molecule has 3 nitrogen and oxygen atoms in total. The Bertz CT molecular complexity index is 625. The van der Waals surface area contributed by atoms with Gasteiger partial charge in [0.2, 0.25) is 0 Å². The van der Waals surface area contributed by atoms with Crippen molar-refractivity contribution in [2.75, 3.05) is 11.9 Å². The average molecular weight is 259 g/mol. The summed E-state index contributed by atoms with van der Waals surface area (Å²) in [7, 11) is 1.73. The van der Waals surface area contributed by atoms with Crippen LogP contribution in [-0.4, -0.2) is 18.1 Å². The molecule has 1 N–H and O–H groups in total.